The zero-order valence-corrected chi connectivity index (χ0v) is 15.9. The van der Waals surface area contributed by atoms with Gasteiger partial charge in [0.15, 0.2) is 5.69 Å². The summed E-state index contributed by atoms with van der Waals surface area (Å²) in [5.74, 6) is -0.100. The summed E-state index contributed by atoms with van der Waals surface area (Å²) in [7, 11) is 0. The molecule has 1 saturated heterocycles. The van der Waals surface area contributed by atoms with Crippen LogP contribution in [0.15, 0.2) is 28.7 Å². The second-order valence-corrected chi connectivity index (χ2v) is 7.70. The summed E-state index contributed by atoms with van der Waals surface area (Å²) in [4.78, 5) is 14.7. The first-order valence-electron chi connectivity index (χ1n) is 7.92. The Morgan fingerprint density at radius 1 is 1.42 bits per heavy atom. The van der Waals surface area contributed by atoms with Gasteiger partial charge in [-0.15, -0.1) is 5.10 Å². The second-order valence-electron chi connectivity index (χ2n) is 6.79. The Hall–Kier alpha value is -1.73. The minimum atomic E-state index is -0.360. The Morgan fingerprint density at radius 2 is 2.17 bits per heavy atom. The summed E-state index contributed by atoms with van der Waals surface area (Å²) >= 11 is 3.45. The number of nitrogens with zero attached hydrogens (tertiary/aromatic N) is 4. The van der Waals surface area contributed by atoms with Gasteiger partial charge in [0.1, 0.15) is 0 Å². The van der Waals surface area contributed by atoms with E-state index >= 15 is 0 Å². The number of carbonyl (C=O) groups excluding carboxylic acids is 1. The van der Waals surface area contributed by atoms with E-state index in [1.165, 1.54) is 0 Å². The molecule has 1 unspecified atom stereocenters. The first kappa shape index (κ1) is 17.1. The average molecular weight is 393 g/mol. The number of hydrogen-bond acceptors (Lipinski definition) is 4. The predicted octanol–water partition coefficient (Wildman–Crippen LogP) is 2.98. The van der Waals surface area contributed by atoms with Gasteiger partial charge in [-0.2, -0.15) is 0 Å². The third-order valence-electron chi connectivity index (χ3n) is 4.01. The summed E-state index contributed by atoms with van der Waals surface area (Å²) in [5.41, 5.74) is 1.63. The fraction of sp³-hybridized carbons (Fsp3) is 0.471. The van der Waals surface area contributed by atoms with E-state index in [0.29, 0.717) is 18.8 Å². The molecule has 0 N–H and O–H groups in total. The lowest BCUT2D eigenvalue weighted by Crippen LogP contribution is -2.54. The third kappa shape index (κ3) is 3.37. The van der Waals surface area contributed by atoms with Gasteiger partial charge in [0.2, 0.25) is 0 Å². The molecule has 128 valence electrons. The summed E-state index contributed by atoms with van der Waals surface area (Å²) in [5, 5.41) is 8.30. The van der Waals surface area contributed by atoms with E-state index in [1.807, 2.05) is 52.0 Å². The Bertz CT molecular complexity index is 772. The summed E-state index contributed by atoms with van der Waals surface area (Å²) in [6.07, 6.45) is -0.00173. The average Bonchev–Trinajstić information content (AvgIpc) is 2.86. The molecule has 1 fully saturated rings. The fourth-order valence-corrected chi connectivity index (χ4v) is 3.53. The highest BCUT2D eigenvalue weighted by Gasteiger charge is 2.35. The highest BCUT2D eigenvalue weighted by molar-refractivity contribution is 9.10. The van der Waals surface area contributed by atoms with Crippen LogP contribution in [-0.2, 0) is 4.74 Å². The Labute approximate surface area is 149 Å². The molecule has 7 heteroatoms. The molecule has 0 spiro atoms. The minimum Gasteiger partial charge on any atom is -0.369 e. The van der Waals surface area contributed by atoms with Gasteiger partial charge in [-0.1, -0.05) is 27.2 Å². The largest absolute Gasteiger partial charge is 0.369 e. The van der Waals surface area contributed by atoms with Crippen molar-refractivity contribution in [3.05, 3.63) is 40.1 Å². The molecule has 2 heterocycles. The van der Waals surface area contributed by atoms with Gasteiger partial charge in [-0.25, -0.2) is 4.68 Å². The van der Waals surface area contributed by atoms with Crippen molar-refractivity contribution in [1.82, 2.24) is 19.9 Å². The highest BCUT2D eigenvalue weighted by Crippen LogP contribution is 2.23. The van der Waals surface area contributed by atoms with Crippen molar-refractivity contribution >= 4 is 21.8 Å². The number of hydrogen-bond donors (Lipinski definition) is 0. The van der Waals surface area contributed by atoms with Crippen LogP contribution in [0, 0.1) is 6.92 Å². The maximum atomic E-state index is 12.9. The van der Waals surface area contributed by atoms with Crippen molar-refractivity contribution in [1.29, 1.82) is 0 Å². The molecular weight excluding hydrogens is 372 g/mol. The molecule has 0 aliphatic carbocycles. The molecule has 1 amide bonds. The summed E-state index contributed by atoms with van der Waals surface area (Å²) in [6.45, 7) is 8.93. The minimum absolute atomic E-state index is 0.00173. The molecule has 2 aromatic rings. The SMILES string of the molecule is Cc1c(C(=O)N2CC(C)OC(C)(C)C2)nnn1-c1cccc(Br)c1. The van der Waals surface area contributed by atoms with Crippen molar-refractivity contribution in [2.75, 3.05) is 13.1 Å². The van der Waals surface area contributed by atoms with E-state index in [1.54, 1.807) is 9.58 Å². The quantitative estimate of drug-likeness (QED) is 0.787. The zero-order valence-electron chi connectivity index (χ0n) is 14.3. The highest BCUT2D eigenvalue weighted by atomic mass is 79.9. The molecule has 0 bridgehead atoms. The third-order valence-corrected chi connectivity index (χ3v) is 4.50. The van der Waals surface area contributed by atoms with Crippen molar-refractivity contribution in [2.45, 2.75) is 39.4 Å². The molecule has 1 atom stereocenters. The van der Waals surface area contributed by atoms with Gasteiger partial charge in [0, 0.05) is 17.6 Å². The van der Waals surface area contributed by atoms with Gasteiger partial charge in [-0.3, -0.25) is 4.79 Å². The molecule has 6 nitrogen and oxygen atoms in total. The van der Waals surface area contributed by atoms with Crippen LogP contribution >= 0.6 is 15.9 Å². The topological polar surface area (TPSA) is 60.3 Å². The lowest BCUT2D eigenvalue weighted by atomic mass is 10.1. The van der Waals surface area contributed by atoms with E-state index in [9.17, 15) is 4.79 Å². The number of amides is 1. The summed E-state index contributed by atoms with van der Waals surface area (Å²) < 4.78 is 8.51. The maximum absolute atomic E-state index is 12.9. The van der Waals surface area contributed by atoms with Gasteiger partial charge in [-0.05, 0) is 45.9 Å². The molecule has 3 rings (SSSR count). The lowest BCUT2D eigenvalue weighted by molar-refractivity contribution is -0.119. The van der Waals surface area contributed by atoms with Gasteiger partial charge < -0.3 is 9.64 Å². The molecule has 1 aliphatic rings. The monoisotopic (exact) mass is 392 g/mol. The van der Waals surface area contributed by atoms with E-state index in [2.05, 4.69) is 26.2 Å². The van der Waals surface area contributed by atoms with Gasteiger partial charge in [0.25, 0.3) is 5.91 Å². The van der Waals surface area contributed by atoms with Crippen molar-refractivity contribution in [2.24, 2.45) is 0 Å². The zero-order chi connectivity index (χ0) is 17.5. The van der Waals surface area contributed by atoms with Crippen molar-refractivity contribution in [3.63, 3.8) is 0 Å². The van der Waals surface area contributed by atoms with Crippen LogP contribution in [0.3, 0.4) is 0 Å². The number of halogens is 1. The van der Waals surface area contributed by atoms with Crippen LogP contribution in [0.1, 0.15) is 37.0 Å². The molecule has 0 radical (unpaired) electrons. The van der Waals surface area contributed by atoms with Crippen LogP contribution in [0.25, 0.3) is 5.69 Å². The lowest BCUT2D eigenvalue weighted by Gasteiger charge is -2.41. The van der Waals surface area contributed by atoms with Crippen molar-refractivity contribution < 1.29 is 9.53 Å². The van der Waals surface area contributed by atoms with Crippen LogP contribution in [0.4, 0.5) is 0 Å². The number of benzene rings is 1. The number of carbonyl (C=O) groups is 1. The molecular formula is C17H21BrN4O2. The van der Waals surface area contributed by atoms with E-state index < -0.39 is 0 Å². The number of rotatable bonds is 2. The molecule has 24 heavy (non-hydrogen) atoms. The number of ether oxygens (including phenoxy) is 1. The smallest absolute Gasteiger partial charge is 0.276 e. The maximum Gasteiger partial charge on any atom is 0.276 e. The standard InChI is InChI=1S/C17H21BrN4O2/c1-11-9-21(10-17(3,4)24-11)16(23)15-12(2)22(20-19-15)14-7-5-6-13(18)8-14/h5-8,11H,9-10H2,1-4H3. The fourth-order valence-electron chi connectivity index (χ4n) is 3.14. The molecule has 1 aromatic carbocycles. The normalized spacial score (nSPS) is 20.2. The van der Waals surface area contributed by atoms with Crippen molar-refractivity contribution in [3.8, 4) is 5.69 Å². The predicted molar refractivity (Wildman–Crippen MR) is 94.3 cm³/mol. The van der Waals surface area contributed by atoms with Gasteiger partial charge >= 0.3 is 0 Å². The second kappa shape index (κ2) is 6.29. The molecule has 0 saturated carbocycles. The Kier molecular flexibility index (Phi) is 4.48. The van der Waals surface area contributed by atoms with Crippen LogP contribution in [0.5, 0.6) is 0 Å². The van der Waals surface area contributed by atoms with Gasteiger partial charge in [0.05, 0.1) is 23.1 Å². The number of aromatic nitrogens is 3. The Morgan fingerprint density at radius 3 is 2.83 bits per heavy atom. The van der Waals surface area contributed by atoms with Crippen LogP contribution < -0.4 is 0 Å². The first-order chi connectivity index (χ1) is 11.3. The first-order valence-corrected chi connectivity index (χ1v) is 8.71. The van der Waals surface area contributed by atoms with E-state index in [4.69, 9.17) is 4.74 Å². The van der Waals surface area contributed by atoms with Crippen LogP contribution in [-0.4, -0.2) is 50.6 Å². The Balaban J connectivity index is 1.89. The molecule has 1 aliphatic heterocycles. The summed E-state index contributed by atoms with van der Waals surface area (Å²) in [6, 6.07) is 7.74. The number of morpholine rings is 1. The van der Waals surface area contributed by atoms with Crippen LogP contribution in [0.2, 0.25) is 0 Å². The van der Waals surface area contributed by atoms with E-state index in [-0.39, 0.29) is 17.6 Å². The molecule has 1 aromatic heterocycles. The van der Waals surface area contributed by atoms with E-state index in [0.717, 1.165) is 15.9 Å².